The molecule has 0 spiro atoms. The van der Waals surface area contributed by atoms with Gasteiger partial charge in [0.15, 0.2) is 0 Å². The molecule has 0 aliphatic carbocycles. The van der Waals surface area contributed by atoms with Crippen molar-refractivity contribution in [2.24, 2.45) is 0 Å². The summed E-state index contributed by atoms with van der Waals surface area (Å²) in [5, 5.41) is 9.93. The van der Waals surface area contributed by atoms with E-state index < -0.39 is 12.0 Å². The minimum Gasteiger partial charge on any atom is -0.480 e. The molecule has 0 radical (unpaired) electrons. The van der Waals surface area contributed by atoms with Crippen molar-refractivity contribution in [2.45, 2.75) is 25.4 Å². The average molecular weight is 288 g/mol. The summed E-state index contributed by atoms with van der Waals surface area (Å²) in [6.07, 6.45) is 0.579. The van der Waals surface area contributed by atoms with Gasteiger partial charge < -0.3 is 10.0 Å². The van der Waals surface area contributed by atoms with E-state index in [9.17, 15) is 9.59 Å². The minimum absolute atomic E-state index is 0.133. The summed E-state index contributed by atoms with van der Waals surface area (Å²) in [5.41, 5.74) is 0.585. The number of likely N-dealkylation sites (tertiary alicyclic amines) is 1. The van der Waals surface area contributed by atoms with Crippen molar-refractivity contribution in [3.8, 4) is 0 Å². The third-order valence-corrected chi connectivity index (χ3v) is 3.71. The van der Waals surface area contributed by atoms with E-state index in [2.05, 4.69) is 0 Å². The van der Waals surface area contributed by atoms with Gasteiger partial charge in [-0.1, -0.05) is 29.3 Å². The van der Waals surface area contributed by atoms with Crippen LogP contribution in [0.15, 0.2) is 18.2 Å². The zero-order valence-electron chi connectivity index (χ0n) is 9.40. The number of carboxylic acid groups (broad SMARTS) is 1. The quantitative estimate of drug-likeness (QED) is 0.930. The number of nitrogens with zero attached hydrogens (tertiary/aromatic N) is 1. The monoisotopic (exact) mass is 287 g/mol. The third kappa shape index (κ3) is 2.44. The first-order chi connectivity index (χ1) is 8.50. The van der Waals surface area contributed by atoms with Crippen LogP contribution in [0.1, 0.15) is 18.4 Å². The predicted molar refractivity (Wildman–Crippen MR) is 67.7 cm³/mol. The van der Waals surface area contributed by atoms with Gasteiger partial charge in [-0.25, -0.2) is 4.79 Å². The molecule has 1 amide bonds. The Bertz CT molecular complexity index is 484. The smallest absolute Gasteiger partial charge is 0.326 e. The standard InChI is InChI=1S/C12H11Cl2NO3/c13-8-2-1-3-9(14)7(8)6-15-10(12(17)18)4-5-11(15)16/h1-3,10H,4-6H2,(H,17,18)/t10-/m1/s1. The highest BCUT2D eigenvalue weighted by molar-refractivity contribution is 6.36. The molecule has 0 aromatic heterocycles. The Labute approximate surface area is 114 Å². The fourth-order valence-electron chi connectivity index (χ4n) is 2.04. The zero-order valence-corrected chi connectivity index (χ0v) is 10.9. The Morgan fingerprint density at radius 2 is 2.00 bits per heavy atom. The number of halogens is 2. The molecule has 1 aromatic rings. The van der Waals surface area contributed by atoms with Crippen molar-refractivity contribution < 1.29 is 14.7 Å². The van der Waals surface area contributed by atoms with Gasteiger partial charge in [-0.15, -0.1) is 0 Å². The van der Waals surface area contributed by atoms with Crippen LogP contribution in [0.5, 0.6) is 0 Å². The molecule has 0 unspecified atom stereocenters. The highest BCUT2D eigenvalue weighted by atomic mass is 35.5. The summed E-state index contributed by atoms with van der Waals surface area (Å²) in [5.74, 6) is -1.18. The fraction of sp³-hybridized carbons (Fsp3) is 0.333. The number of rotatable bonds is 3. The third-order valence-electron chi connectivity index (χ3n) is 3.00. The molecule has 1 aliphatic rings. The van der Waals surface area contributed by atoms with Gasteiger partial charge in [-0.2, -0.15) is 0 Å². The summed E-state index contributed by atoms with van der Waals surface area (Å²) < 4.78 is 0. The Morgan fingerprint density at radius 1 is 1.39 bits per heavy atom. The molecule has 1 aromatic carbocycles. The molecule has 0 saturated carbocycles. The average Bonchev–Trinajstić information content (AvgIpc) is 2.66. The van der Waals surface area contributed by atoms with Crippen LogP contribution in [-0.2, 0) is 16.1 Å². The Hall–Kier alpha value is -1.26. The van der Waals surface area contributed by atoms with Crippen LogP contribution in [0, 0.1) is 0 Å². The van der Waals surface area contributed by atoms with E-state index in [1.54, 1.807) is 18.2 Å². The lowest BCUT2D eigenvalue weighted by Gasteiger charge is -2.22. The molecule has 1 aliphatic heterocycles. The van der Waals surface area contributed by atoms with E-state index >= 15 is 0 Å². The van der Waals surface area contributed by atoms with E-state index in [-0.39, 0.29) is 18.9 Å². The molecule has 1 N–H and O–H groups in total. The van der Waals surface area contributed by atoms with Crippen LogP contribution in [0.25, 0.3) is 0 Å². The van der Waals surface area contributed by atoms with Crippen LogP contribution in [0.3, 0.4) is 0 Å². The largest absolute Gasteiger partial charge is 0.480 e. The van der Waals surface area contributed by atoms with Crippen LogP contribution in [0.4, 0.5) is 0 Å². The molecule has 0 bridgehead atoms. The molecular formula is C12H11Cl2NO3. The van der Waals surface area contributed by atoms with Gasteiger partial charge in [-0.05, 0) is 18.6 Å². The van der Waals surface area contributed by atoms with E-state index in [0.717, 1.165) is 0 Å². The maximum absolute atomic E-state index is 11.7. The van der Waals surface area contributed by atoms with Crippen molar-refractivity contribution in [1.29, 1.82) is 0 Å². The van der Waals surface area contributed by atoms with Gasteiger partial charge in [-0.3, -0.25) is 4.79 Å². The van der Waals surface area contributed by atoms with Crippen LogP contribution in [0.2, 0.25) is 10.0 Å². The molecule has 1 saturated heterocycles. The summed E-state index contributed by atoms with van der Waals surface area (Å²) >= 11 is 12.0. The fourth-order valence-corrected chi connectivity index (χ4v) is 2.56. The van der Waals surface area contributed by atoms with Crippen molar-refractivity contribution in [3.05, 3.63) is 33.8 Å². The topological polar surface area (TPSA) is 57.6 Å². The van der Waals surface area contributed by atoms with Gasteiger partial charge in [0.2, 0.25) is 5.91 Å². The highest BCUT2D eigenvalue weighted by Crippen LogP contribution is 2.29. The summed E-state index contributed by atoms with van der Waals surface area (Å²) in [6, 6.07) is 4.25. The second-order valence-corrected chi connectivity index (χ2v) is 4.93. The number of amides is 1. The molecule has 1 fully saturated rings. The first kappa shape index (κ1) is 13.2. The Kier molecular flexibility index (Phi) is 3.78. The van der Waals surface area contributed by atoms with Crippen molar-refractivity contribution in [3.63, 3.8) is 0 Å². The molecule has 1 atom stereocenters. The second kappa shape index (κ2) is 5.16. The van der Waals surface area contributed by atoms with E-state index in [4.69, 9.17) is 28.3 Å². The molecule has 6 heteroatoms. The normalized spacial score (nSPS) is 19.3. The number of benzene rings is 1. The zero-order chi connectivity index (χ0) is 13.3. The number of hydrogen-bond donors (Lipinski definition) is 1. The lowest BCUT2D eigenvalue weighted by atomic mass is 10.2. The van der Waals surface area contributed by atoms with Gasteiger partial charge in [0.25, 0.3) is 0 Å². The van der Waals surface area contributed by atoms with E-state index in [0.29, 0.717) is 22.0 Å². The van der Waals surface area contributed by atoms with Crippen molar-refractivity contribution >= 4 is 35.1 Å². The van der Waals surface area contributed by atoms with Crippen molar-refractivity contribution in [2.75, 3.05) is 0 Å². The predicted octanol–water partition coefficient (Wildman–Crippen LogP) is 2.57. The van der Waals surface area contributed by atoms with Gasteiger partial charge in [0, 0.05) is 28.6 Å². The summed E-state index contributed by atoms with van der Waals surface area (Å²) in [7, 11) is 0. The number of carbonyl (C=O) groups excluding carboxylic acids is 1. The molecule has 1 heterocycles. The number of carboxylic acids is 1. The van der Waals surface area contributed by atoms with Crippen LogP contribution >= 0.6 is 23.2 Å². The Balaban J connectivity index is 2.27. The summed E-state index contributed by atoms with van der Waals surface area (Å²) in [4.78, 5) is 24.1. The first-order valence-electron chi connectivity index (χ1n) is 5.46. The number of hydrogen-bond acceptors (Lipinski definition) is 2. The minimum atomic E-state index is -0.996. The number of aliphatic carboxylic acids is 1. The summed E-state index contributed by atoms with van der Waals surface area (Å²) in [6.45, 7) is 0.133. The highest BCUT2D eigenvalue weighted by Gasteiger charge is 2.36. The molecule has 96 valence electrons. The van der Waals surface area contributed by atoms with Crippen molar-refractivity contribution in [1.82, 2.24) is 4.90 Å². The van der Waals surface area contributed by atoms with Gasteiger partial charge in [0.05, 0.1) is 0 Å². The van der Waals surface area contributed by atoms with Crippen LogP contribution < -0.4 is 0 Å². The molecule has 2 rings (SSSR count). The lowest BCUT2D eigenvalue weighted by molar-refractivity contribution is -0.146. The second-order valence-electron chi connectivity index (χ2n) is 4.11. The van der Waals surface area contributed by atoms with E-state index in [1.165, 1.54) is 4.90 Å². The van der Waals surface area contributed by atoms with Gasteiger partial charge >= 0.3 is 5.97 Å². The first-order valence-corrected chi connectivity index (χ1v) is 6.21. The molecular weight excluding hydrogens is 277 g/mol. The molecule has 4 nitrogen and oxygen atoms in total. The maximum atomic E-state index is 11.7. The van der Waals surface area contributed by atoms with E-state index in [1.807, 2.05) is 0 Å². The lowest BCUT2D eigenvalue weighted by Crippen LogP contribution is -2.38. The van der Waals surface area contributed by atoms with Gasteiger partial charge in [0.1, 0.15) is 6.04 Å². The SMILES string of the molecule is O=C(O)[C@H]1CCC(=O)N1Cc1c(Cl)cccc1Cl. The molecule has 18 heavy (non-hydrogen) atoms. The van der Waals surface area contributed by atoms with Crippen LogP contribution in [-0.4, -0.2) is 27.9 Å². The maximum Gasteiger partial charge on any atom is 0.326 e. The number of carbonyl (C=O) groups is 2. The Morgan fingerprint density at radius 3 is 2.56 bits per heavy atom.